The van der Waals surface area contributed by atoms with Gasteiger partial charge in [0.2, 0.25) is 0 Å². The van der Waals surface area contributed by atoms with Gasteiger partial charge in [0, 0.05) is 55.9 Å². The molecule has 0 spiro atoms. The van der Waals surface area contributed by atoms with Crippen molar-refractivity contribution in [3.8, 4) is 5.75 Å². The smallest absolute Gasteiger partial charge is 0.117 e. The molecule has 1 fully saturated rings. The molecule has 0 amide bonds. The molecule has 1 aliphatic rings. The zero-order valence-corrected chi connectivity index (χ0v) is 10.7. The number of H-pyrrole nitrogens is 1. The fourth-order valence-corrected chi connectivity index (χ4v) is 2.55. The highest BCUT2D eigenvalue weighted by Gasteiger charge is 2.15. The summed E-state index contributed by atoms with van der Waals surface area (Å²) in [5.74, 6) is 0.315. The maximum Gasteiger partial charge on any atom is 0.117 e. The van der Waals surface area contributed by atoms with Gasteiger partial charge in [0.05, 0.1) is 0 Å². The predicted octanol–water partition coefficient (Wildman–Crippen LogP) is 1.62. The summed E-state index contributed by atoms with van der Waals surface area (Å²) >= 11 is 0. The highest BCUT2D eigenvalue weighted by Crippen LogP contribution is 2.23. The number of nitrogens with zero attached hydrogens (tertiary/aromatic N) is 2. The minimum Gasteiger partial charge on any atom is -0.508 e. The number of aromatic hydroxyl groups is 1. The van der Waals surface area contributed by atoms with Crippen molar-refractivity contribution >= 4 is 10.9 Å². The van der Waals surface area contributed by atoms with Gasteiger partial charge in [0.1, 0.15) is 5.75 Å². The van der Waals surface area contributed by atoms with E-state index in [0.717, 1.165) is 38.2 Å². The molecule has 0 aliphatic carbocycles. The van der Waals surface area contributed by atoms with Crippen LogP contribution in [0.2, 0.25) is 0 Å². The lowest BCUT2D eigenvalue weighted by molar-refractivity contribution is 0.148. The standard InChI is InChI=1S/C14H19N3O/c1-16-4-6-17(7-5-16)10-11-9-15-14-8-12(18)2-3-13(11)14/h2-3,8-9,15,18H,4-7,10H2,1H3. The Morgan fingerprint density at radius 3 is 2.78 bits per heavy atom. The maximum absolute atomic E-state index is 9.45. The van der Waals surface area contributed by atoms with Gasteiger partial charge in [-0.3, -0.25) is 4.90 Å². The zero-order chi connectivity index (χ0) is 12.5. The van der Waals surface area contributed by atoms with Crippen LogP contribution in [0.4, 0.5) is 0 Å². The van der Waals surface area contributed by atoms with Crippen LogP contribution in [0.1, 0.15) is 5.56 Å². The van der Waals surface area contributed by atoms with Crippen molar-refractivity contribution in [2.24, 2.45) is 0 Å². The van der Waals surface area contributed by atoms with Crippen molar-refractivity contribution in [2.75, 3.05) is 33.2 Å². The van der Waals surface area contributed by atoms with Gasteiger partial charge < -0.3 is 15.0 Å². The molecule has 1 aliphatic heterocycles. The molecular formula is C14H19N3O. The SMILES string of the molecule is CN1CCN(Cc2c[nH]c3cc(O)ccc23)CC1. The van der Waals surface area contributed by atoms with Gasteiger partial charge in [-0.25, -0.2) is 0 Å². The summed E-state index contributed by atoms with van der Waals surface area (Å²) in [6, 6.07) is 5.53. The van der Waals surface area contributed by atoms with E-state index in [9.17, 15) is 5.11 Å². The number of likely N-dealkylation sites (N-methyl/N-ethyl adjacent to an activating group) is 1. The Balaban J connectivity index is 1.78. The van der Waals surface area contributed by atoms with Crippen LogP contribution in [0.5, 0.6) is 5.75 Å². The van der Waals surface area contributed by atoms with E-state index in [1.165, 1.54) is 10.9 Å². The quantitative estimate of drug-likeness (QED) is 0.845. The average molecular weight is 245 g/mol. The van der Waals surface area contributed by atoms with Crippen molar-refractivity contribution in [3.63, 3.8) is 0 Å². The largest absolute Gasteiger partial charge is 0.508 e. The molecule has 0 saturated carbocycles. The van der Waals surface area contributed by atoms with E-state index in [2.05, 4.69) is 28.0 Å². The summed E-state index contributed by atoms with van der Waals surface area (Å²) in [6.07, 6.45) is 2.06. The second kappa shape index (κ2) is 4.63. The molecule has 0 atom stereocenters. The fourth-order valence-electron chi connectivity index (χ4n) is 2.55. The van der Waals surface area contributed by atoms with E-state index in [1.54, 1.807) is 12.1 Å². The maximum atomic E-state index is 9.45. The molecule has 0 bridgehead atoms. The summed E-state index contributed by atoms with van der Waals surface area (Å²) in [7, 11) is 2.17. The molecule has 4 nitrogen and oxygen atoms in total. The molecule has 0 radical (unpaired) electrons. The van der Waals surface area contributed by atoms with Gasteiger partial charge >= 0.3 is 0 Å². The number of benzene rings is 1. The van der Waals surface area contributed by atoms with Crippen molar-refractivity contribution in [1.82, 2.24) is 14.8 Å². The molecule has 0 unspecified atom stereocenters. The predicted molar refractivity (Wildman–Crippen MR) is 72.7 cm³/mol. The van der Waals surface area contributed by atoms with Crippen LogP contribution in [0.3, 0.4) is 0 Å². The first kappa shape index (κ1) is 11.6. The van der Waals surface area contributed by atoms with E-state index in [0.29, 0.717) is 5.75 Å². The number of fused-ring (bicyclic) bond motifs is 1. The lowest BCUT2D eigenvalue weighted by atomic mass is 10.1. The van der Waals surface area contributed by atoms with Gasteiger partial charge in [-0.2, -0.15) is 0 Å². The lowest BCUT2D eigenvalue weighted by Gasteiger charge is -2.32. The first-order valence-corrected chi connectivity index (χ1v) is 6.42. The van der Waals surface area contributed by atoms with Crippen LogP contribution in [-0.2, 0) is 6.54 Å². The normalized spacial score (nSPS) is 18.5. The lowest BCUT2D eigenvalue weighted by Crippen LogP contribution is -2.43. The Hall–Kier alpha value is -1.52. The summed E-state index contributed by atoms with van der Waals surface area (Å²) in [5, 5.41) is 10.7. The van der Waals surface area contributed by atoms with Crippen LogP contribution < -0.4 is 0 Å². The third-order valence-electron chi connectivity index (χ3n) is 3.74. The summed E-state index contributed by atoms with van der Waals surface area (Å²) < 4.78 is 0. The number of hydrogen-bond acceptors (Lipinski definition) is 3. The van der Waals surface area contributed by atoms with E-state index >= 15 is 0 Å². The number of phenols is 1. The Morgan fingerprint density at radius 1 is 1.22 bits per heavy atom. The number of aromatic nitrogens is 1. The molecule has 2 heterocycles. The Morgan fingerprint density at radius 2 is 2.00 bits per heavy atom. The number of nitrogens with one attached hydrogen (secondary N) is 1. The van der Waals surface area contributed by atoms with Crippen LogP contribution in [0, 0.1) is 0 Å². The molecule has 18 heavy (non-hydrogen) atoms. The van der Waals surface area contributed by atoms with Crippen LogP contribution in [0.25, 0.3) is 10.9 Å². The third-order valence-corrected chi connectivity index (χ3v) is 3.74. The Labute approximate surface area is 107 Å². The molecule has 2 aromatic rings. The number of phenolic OH excluding ortho intramolecular Hbond substituents is 1. The minimum absolute atomic E-state index is 0.315. The Bertz CT molecular complexity index is 541. The molecule has 2 N–H and O–H groups in total. The second-order valence-electron chi connectivity index (χ2n) is 5.12. The highest BCUT2D eigenvalue weighted by molar-refractivity contribution is 5.84. The number of aromatic amines is 1. The molecule has 3 rings (SSSR count). The number of rotatable bonds is 2. The van der Waals surface area contributed by atoms with Crippen molar-refractivity contribution in [1.29, 1.82) is 0 Å². The van der Waals surface area contributed by atoms with Crippen molar-refractivity contribution in [2.45, 2.75) is 6.54 Å². The van der Waals surface area contributed by atoms with Gasteiger partial charge in [-0.15, -0.1) is 0 Å². The third kappa shape index (κ3) is 2.21. The zero-order valence-electron chi connectivity index (χ0n) is 10.7. The van der Waals surface area contributed by atoms with Crippen LogP contribution >= 0.6 is 0 Å². The molecule has 4 heteroatoms. The molecular weight excluding hydrogens is 226 g/mol. The van der Waals surface area contributed by atoms with Crippen molar-refractivity contribution < 1.29 is 5.11 Å². The first-order chi connectivity index (χ1) is 8.72. The van der Waals surface area contributed by atoms with Crippen LogP contribution in [-0.4, -0.2) is 53.1 Å². The average Bonchev–Trinajstić information content (AvgIpc) is 2.74. The van der Waals surface area contributed by atoms with Crippen molar-refractivity contribution in [3.05, 3.63) is 30.0 Å². The van der Waals surface area contributed by atoms with Gasteiger partial charge in [-0.1, -0.05) is 0 Å². The number of hydrogen-bond donors (Lipinski definition) is 2. The topological polar surface area (TPSA) is 42.5 Å². The highest BCUT2D eigenvalue weighted by atomic mass is 16.3. The minimum atomic E-state index is 0.315. The van der Waals surface area contributed by atoms with Crippen LogP contribution in [0.15, 0.2) is 24.4 Å². The second-order valence-corrected chi connectivity index (χ2v) is 5.12. The summed E-state index contributed by atoms with van der Waals surface area (Å²) in [6.45, 7) is 5.52. The molecule has 1 aromatic carbocycles. The van der Waals surface area contributed by atoms with Gasteiger partial charge in [-0.05, 0) is 24.7 Å². The van der Waals surface area contributed by atoms with E-state index < -0.39 is 0 Å². The van der Waals surface area contributed by atoms with E-state index in [-0.39, 0.29) is 0 Å². The molecule has 1 aromatic heterocycles. The van der Waals surface area contributed by atoms with E-state index in [1.807, 2.05) is 6.07 Å². The number of piperazine rings is 1. The molecule has 96 valence electrons. The molecule has 1 saturated heterocycles. The fraction of sp³-hybridized carbons (Fsp3) is 0.429. The Kier molecular flexibility index (Phi) is 2.97. The summed E-state index contributed by atoms with van der Waals surface area (Å²) in [4.78, 5) is 8.08. The van der Waals surface area contributed by atoms with Gasteiger partial charge in [0.25, 0.3) is 0 Å². The summed E-state index contributed by atoms with van der Waals surface area (Å²) in [5.41, 5.74) is 2.33. The van der Waals surface area contributed by atoms with E-state index in [4.69, 9.17) is 0 Å². The monoisotopic (exact) mass is 245 g/mol. The van der Waals surface area contributed by atoms with Gasteiger partial charge in [0.15, 0.2) is 0 Å². The first-order valence-electron chi connectivity index (χ1n) is 6.42.